The number of nitrogens with one attached hydrogen (secondary N) is 2. The van der Waals surface area contributed by atoms with E-state index in [2.05, 4.69) is 15.6 Å². The monoisotopic (exact) mass is 256 g/mol. The van der Waals surface area contributed by atoms with Gasteiger partial charge in [0.15, 0.2) is 0 Å². The Kier molecular flexibility index (Phi) is 3.97. The number of nitrogens with two attached hydrogens (primary N) is 1. The topological polar surface area (TPSA) is 80.0 Å². The number of benzene rings is 1. The standard InChI is InChI=1S/C14H16N4O/c1-10-7-13(16-9-12(10)15)18-14(19)17-8-11-5-3-2-4-6-11/h2-7,9H,8,15H2,1H3,(H2,16,17,18,19). The summed E-state index contributed by atoms with van der Waals surface area (Å²) in [5, 5.41) is 5.42. The number of anilines is 2. The van der Waals surface area contributed by atoms with Crippen LogP contribution in [0.25, 0.3) is 0 Å². The molecule has 98 valence electrons. The molecule has 2 amide bonds. The van der Waals surface area contributed by atoms with Crippen LogP contribution in [-0.2, 0) is 6.54 Å². The first-order chi connectivity index (χ1) is 9.15. The van der Waals surface area contributed by atoms with E-state index >= 15 is 0 Å². The maximum Gasteiger partial charge on any atom is 0.320 e. The van der Waals surface area contributed by atoms with Crippen molar-refractivity contribution in [3.05, 3.63) is 53.7 Å². The Bertz CT molecular complexity index is 569. The first kappa shape index (κ1) is 12.9. The molecule has 19 heavy (non-hydrogen) atoms. The van der Waals surface area contributed by atoms with Crippen LogP contribution in [0, 0.1) is 6.92 Å². The highest BCUT2D eigenvalue weighted by Crippen LogP contribution is 2.12. The molecule has 0 aliphatic heterocycles. The zero-order chi connectivity index (χ0) is 13.7. The molecule has 0 radical (unpaired) electrons. The molecule has 1 heterocycles. The number of carbonyl (C=O) groups excluding carboxylic acids is 1. The van der Waals surface area contributed by atoms with Crippen molar-refractivity contribution in [2.45, 2.75) is 13.5 Å². The molecule has 5 heteroatoms. The molecule has 5 nitrogen and oxygen atoms in total. The maximum atomic E-state index is 11.7. The lowest BCUT2D eigenvalue weighted by Crippen LogP contribution is -2.28. The van der Waals surface area contributed by atoms with Gasteiger partial charge in [0, 0.05) is 6.54 Å². The molecule has 2 aromatic rings. The molecule has 0 aliphatic rings. The highest BCUT2D eigenvalue weighted by Gasteiger charge is 2.03. The second-order valence-corrected chi connectivity index (χ2v) is 4.22. The molecule has 0 unspecified atom stereocenters. The average Bonchev–Trinajstić information content (AvgIpc) is 2.42. The summed E-state index contributed by atoms with van der Waals surface area (Å²) in [7, 11) is 0. The van der Waals surface area contributed by atoms with Crippen molar-refractivity contribution >= 4 is 17.5 Å². The van der Waals surface area contributed by atoms with Gasteiger partial charge < -0.3 is 11.1 Å². The Hall–Kier alpha value is -2.56. The number of rotatable bonds is 3. The van der Waals surface area contributed by atoms with Gasteiger partial charge >= 0.3 is 6.03 Å². The van der Waals surface area contributed by atoms with Gasteiger partial charge in [0.1, 0.15) is 5.82 Å². The van der Waals surface area contributed by atoms with E-state index in [-0.39, 0.29) is 6.03 Å². The Balaban J connectivity index is 1.89. The lowest BCUT2D eigenvalue weighted by Gasteiger charge is -2.08. The fourth-order valence-corrected chi connectivity index (χ4v) is 1.57. The fraction of sp³-hybridized carbons (Fsp3) is 0.143. The molecular weight excluding hydrogens is 240 g/mol. The fourth-order valence-electron chi connectivity index (χ4n) is 1.57. The van der Waals surface area contributed by atoms with Crippen LogP contribution in [0.3, 0.4) is 0 Å². The Labute approximate surface area is 111 Å². The van der Waals surface area contributed by atoms with E-state index < -0.39 is 0 Å². The van der Waals surface area contributed by atoms with Gasteiger partial charge in [-0.25, -0.2) is 9.78 Å². The zero-order valence-corrected chi connectivity index (χ0v) is 10.7. The lowest BCUT2D eigenvalue weighted by molar-refractivity contribution is 0.251. The van der Waals surface area contributed by atoms with Crippen LogP contribution in [0.4, 0.5) is 16.3 Å². The lowest BCUT2D eigenvalue weighted by atomic mass is 10.2. The van der Waals surface area contributed by atoms with E-state index in [1.165, 1.54) is 6.20 Å². The van der Waals surface area contributed by atoms with E-state index in [1.54, 1.807) is 6.07 Å². The summed E-state index contributed by atoms with van der Waals surface area (Å²) in [5.41, 5.74) is 8.19. The first-order valence-electron chi connectivity index (χ1n) is 5.96. The van der Waals surface area contributed by atoms with E-state index in [9.17, 15) is 4.79 Å². The SMILES string of the molecule is Cc1cc(NC(=O)NCc2ccccc2)ncc1N. The van der Waals surface area contributed by atoms with Crippen LogP contribution in [0.15, 0.2) is 42.6 Å². The molecule has 0 aliphatic carbocycles. The van der Waals surface area contributed by atoms with Gasteiger partial charge in [0.25, 0.3) is 0 Å². The van der Waals surface area contributed by atoms with Crippen molar-refractivity contribution in [2.75, 3.05) is 11.1 Å². The van der Waals surface area contributed by atoms with E-state index in [0.29, 0.717) is 18.1 Å². The number of amides is 2. The molecule has 4 N–H and O–H groups in total. The highest BCUT2D eigenvalue weighted by atomic mass is 16.2. The quantitative estimate of drug-likeness (QED) is 0.788. The van der Waals surface area contributed by atoms with Gasteiger partial charge in [0.05, 0.1) is 11.9 Å². The number of hydrogen-bond donors (Lipinski definition) is 3. The van der Waals surface area contributed by atoms with Crippen LogP contribution >= 0.6 is 0 Å². The number of nitrogens with zero attached hydrogens (tertiary/aromatic N) is 1. The van der Waals surface area contributed by atoms with Crippen LogP contribution < -0.4 is 16.4 Å². The average molecular weight is 256 g/mol. The van der Waals surface area contributed by atoms with Gasteiger partial charge in [-0.1, -0.05) is 30.3 Å². The van der Waals surface area contributed by atoms with Crippen LogP contribution in [0.1, 0.15) is 11.1 Å². The largest absolute Gasteiger partial charge is 0.397 e. The van der Waals surface area contributed by atoms with Crippen molar-refractivity contribution < 1.29 is 4.79 Å². The molecule has 0 bridgehead atoms. The minimum atomic E-state index is -0.291. The minimum absolute atomic E-state index is 0.291. The molecule has 0 saturated heterocycles. The maximum absolute atomic E-state index is 11.7. The molecule has 0 fully saturated rings. The third kappa shape index (κ3) is 3.70. The smallest absolute Gasteiger partial charge is 0.320 e. The third-order valence-corrected chi connectivity index (χ3v) is 2.69. The van der Waals surface area contributed by atoms with E-state index in [0.717, 1.165) is 11.1 Å². The molecule has 0 atom stereocenters. The Morgan fingerprint density at radius 3 is 2.74 bits per heavy atom. The summed E-state index contributed by atoms with van der Waals surface area (Å²) < 4.78 is 0. The van der Waals surface area contributed by atoms with E-state index in [1.807, 2.05) is 37.3 Å². The zero-order valence-electron chi connectivity index (χ0n) is 10.7. The molecule has 0 spiro atoms. The van der Waals surface area contributed by atoms with Crippen molar-refractivity contribution in [2.24, 2.45) is 0 Å². The van der Waals surface area contributed by atoms with Crippen LogP contribution in [0.2, 0.25) is 0 Å². The number of hydrogen-bond acceptors (Lipinski definition) is 3. The number of nitrogen functional groups attached to an aromatic ring is 1. The molecule has 0 saturated carbocycles. The number of aryl methyl sites for hydroxylation is 1. The number of aromatic nitrogens is 1. The van der Waals surface area contributed by atoms with Crippen molar-refractivity contribution in [1.29, 1.82) is 0 Å². The molecule has 2 rings (SSSR count). The normalized spacial score (nSPS) is 9.95. The summed E-state index contributed by atoms with van der Waals surface area (Å²) >= 11 is 0. The van der Waals surface area contributed by atoms with E-state index in [4.69, 9.17) is 5.73 Å². The predicted molar refractivity (Wildman–Crippen MR) is 75.7 cm³/mol. The first-order valence-corrected chi connectivity index (χ1v) is 5.96. The van der Waals surface area contributed by atoms with Gasteiger partial charge in [-0.15, -0.1) is 0 Å². The summed E-state index contributed by atoms with van der Waals surface area (Å²) in [6, 6.07) is 11.1. The number of carbonyl (C=O) groups is 1. The predicted octanol–water partition coefficient (Wildman–Crippen LogP) is 2.29. The molecule has 1 aromatic carbocycles. The minimum Gasteiger partial charge on any atom is -0.397 e. The van der Waals surface area contributed by atoms with Crippen LogP contribution in [0.5, 0.6) is 0 Å². The highest BCUT2D eigenvalue weighted by molar-refractivity contribution is 5.88. The second kappa shape index (κ2) is 5.86. The van der Waals surface area contributed by atoms with Gasteiger partial charge in [-0.3, -0.25) is 5.32 Å². The van der Waals surface area contributed by atoms with Crippen LogP contribution in [-0.4, -0.2) is 11.0 Å². The number of pyridine rings is 1. The third-order valence-electron chi connectivity index (χ3n) is 2.69. The molecular formula is C14H16N4O. The Morgan fingerprint density at radius 1 is 1.32 bits per heavy atom. The van der Waals surface area contributed by atoms with Crippen molar-refractivity contribution in [1.82, 2.24) is 10.3 Å². The van der Waals surface area contributed by atoms with Crippen molar-refractivity contribution in [3.8, 4) is 0 Å². The van der Waals surface area contributed by atoms with Gasteiger partial charge in [0.2, 0.25) is 0 Å². The number of urea groups is 1. The second-order valence-electron chi connectivity index (χ2n) is 4.22. The van der Waals surface area contributed by atoms with Gasteiger partial charge in [-0.05, 0) is 24.1 Å². The Morgan fingerprint density at radius 2 is 2.05 bits per heavy atom. The summed E-state index contributed by atoms with van der Waals surface area (Å²) in [6.07, 6.45) is 1.53. The summed E-state index contributed by atoms with van der Waals surface area (Å²) in [5.74, 6) is 0.484. The van der Waals surface area contributed by atoms with Gasteiger partial charge in [-0.2, -0.15) is 0 Å². The summed E-state index contributed by atoms with van der Waals surface area (Å²) in [6.45, 7) is 2.34. The van der Waals surface area contributed by atoms with Crippen molar-refractivity contribution in [3.63, 3.8) is 0 Å². The summed E-state index contributed by atoms with van der Waals surface area (Å²) in [4.78, 5) is 15.7. The molecule has 1 aromatic heterocycles.